The molecule has 66 valence electrons. The summed E-state index contributed by atoms with van der Waals surface area (Å²) in [7, 11) is 0. The van der Waals surface area contributed by atoms with Crippen molar-refractivity contribution in [1.82, 2.24) is 0 Å². The molecular formula is C10H14OSe. The molecular weight excluding hydrogens is 215 g/mol. The SMILES string of the molecule is C[Se]Oc1ccc(C(C)C)cc1. The van der Waals surface area contributed by atoms with E-state index in [0.717, 1.165) is 5.75 Å². The molecule has 0 aliphatic rings. The quantitative estimate of drug-likeness (QED) is 0.724. The Hall–Kier alpha value is -0.461. The zero-order valence-corrected chi connectivity index (χ0v) is 9.42. The van der Waals surface area contributed by atoms with Gasteiger partial charge >= 0.3 is 80.3 Å². The van der Waals surface area contributed by atoms with Crippen LogP contribution in [0.2, 0.25) is 5.82 Å². The van der Waals surface area contributed by atoms with Gasteiger partial charge in [0.25, 0.3) is 0 Å². The molecule has 1 nitrogen and oxygen atoms in total. The molecule has 0 bridgehead atoms. The first-order chi connectivity index (χ1) is 5.74. The second-order valence-electron chi connectivity index (χ2n) is 2.97. The van der Waals surface area contributed by atoms with Crippen LogP contribution in [0.4, 0.5) is 0 Å². The van der Waals surface area contributed by atoms with Gasteiger partial charge in [0.15, 0.2) is 0 Å². The Balaban J connectivity index is 2.71. The molecule has 2 heteroatoms. The van der Waals surface area contributed by atoms with Crippen molar-refractivity contribution in [3.63, 3.8) is 0 Å². The molecule has 0 heterocycles. The first-order valence-electron chi connectivity index (χ1n) is 4.04. The van der Waals surface area contributed by atoms with Gasteiger partial charge in [-0.2, -0.15) is 0 Å². The molecule has 0 amide bonds. The van der Waals surface area contributed by atoms with Crippen LogP contribution in [-0.2, 0) is 0 Å². The summed E-state index contributed by atoms with van der Waals surface area (Å²) in [5.74, 6) is 3.65. The Morgan fingerprint density at radius 3 is 2.17 bits per heavy atom. The Kier molecular flexibility index (Phi) is 3.64. The fraction of sp³-hybridized carbons (Fsp3) is 0.400. The van der Waals surface area contributed by atoms with E-state index in [0.29, 0.717) is 5.92 Å². The van der Waals surface area contributed by atoms with Gasteiger partial charge in [0.2, 0.25) is 0 Å². The minimum absolute atomic E-state index is 0.263. The number of benzene rings is 1. The fourth-order valence-corrected chi connectivity index (χ4v) is 1.64. The summed E-state index contributed by atoms with van der Waals surface area (Å²) >= 11 is 0.263. The first kappa shape index (κ1) is 9.63. The van der Waals surface area contributed by atoms with Crippen LogP contribution in [-0.4, -0.2) is 15.3 Å². The summed E-state index contributed by atoms with van der Waals surface area (Å²) in [4.78, 5) is 0. The van der Waals surface area contributed by atoms with E-state index in [-0.39, 0.29) is 15.3 Å². The van der Waals surface area contributed by atoms with Gasteiger partial charge in [-0.15, -0.1) is 0 Å². The van der Waals surface area contributed by atoms with Crippen molar-refractivity contribution in [1.29, 1.82) is 0 Å². The van der Waals surface area contributed by atoms with Crippen molar-refractivity contribution in [2.45, 2.75) is 25.6 Å². The molecule has 0 fully saturated rings. The Morgan fingerprint density at radius 2 is 1.75 bits per heavy atom. The Bertz CT molecular complexity index is 228. The molecule has 0 saturated heterocycles. The summed E-state index contributed by atoms with van der Waals surface area (Å²) in [5, 5.41) is 0. The van der Waals surface area contributed by atoms with E-state index >= 15 is 0 Å². The van der Waals surface area contributed by atoms with E-state index in [2.05, 4.69) is 31.8 Å². The third-order valence-corrected chi connectivity index (χ3v) is 2.48. The van der Waals surface area contributed by atoms with Crippen molar-refractivity contribution in [2.24, 2.45) is 0 Å². The monoisotopic (exact) mass is 230 g/mol. The molecule has 0 N–H and O–H groups in total. The molecule has 1 aromatic carbocycles. The van der Waals surface area contributed by atoms with Gasteiger partial charge in [-0.05, 0) is 0 Å². The van der Waals surface area contributed by atoms with E-state index in [1.807, 2.05) is 12.1 Å². The van der Waals surface area contributed by atoms with Gasteiger partial charge in [-0.25, -0.2) is 0 Å². The third-order valence-electron chi connectivity index (χ3n) is 1.73. The summed E-state index contributed by atoms with van der Waals surface area (Å²) < 4.78 is 5.40. The van der Waals surface area contributed by atoms with Crippen LogP contribution >= 0.6 is 0 Å². The molecule has 0 aliphatic heterocycles. The van der Waals surface area contributed by atoms with E-state index in [9.17, 15) is 0 Å². The van der Waals surface area contributed by atoms with Gasteiger partial charge in [-0.3, -0.25) is 0 Å². The summed E-state index contributed by atoms with van der Waals surface area (Å²) in [6.07, 6.45) is 0. The first-order valence-corrected chi connectivity index (χ1v) is 6.46. The number of rotatable bonds is 3. The van der Waals surface area contributed by atoms with E-state index in [1.165, 1.54) is 5.56 Å². The molecule has 1 aromatic rings. The minimum atomic E-state index is 0.263. The summed E-state index contributed by atoms with van der Waals surface area (Å²) in [6, 6.07) is 8.35. The Morgan fingerprint density at radius 1 is 1.17 bits per heavy atom. The third kappa shape index (κ3) is 2.54. The van der Waals surface area contributed by atoms with Crippen molar-refractivity contribution in [3.8, 4) is 5.75 Å². The van der Waals surface area contributed by atoms with Gasteiger partial charge in [0.1, 0.15) is 0 Å². The standard InChI is InChI=1S/C10H14OSe/c1-8(2)9-4-6-10(7-5-9)11-12-3/h4-8H,1-3H3. The predicted molar refractivity (Wildman–Crippen MR) is 52.8 cm³/mol. The average Bonchev–Trinajstić information content (AvgIpc) is 2.06. The Labute approximate surface area is 80.6 Å². The zero-order chi connectivity index (χ0) is 8.97. The average molecular weight is 229 g/mol. The normalized spacial score (nSPS) is 10.3. The molecule has 0 atom stereocenters. The zero-order valence-electron chi connectivity index (χ0n) is 7.70. The van der Waals surface area contributed by atoms with Crippen LogP contribution in [0.3, 0.4) is 0 Å². The van der Waals surface area contributed by atoms with Crippen molar-refractivity contribution in [3.05, 3.63) is 29.8 Å². The van der Waals surface area contributed by atoms with Gasteiger partial charge in [0.05, 0.1) is 0 Å². The molecule has 0 aliphatic carbocycles. The molecule has 0 saturated carbocycles. The van der Waals surface area contributed by atoms with Crippen LogP contribution in [0.5, 0.6) is 5.75 Å². The molecule has 0 unspecified atom stereocenters. The molecule has 12 heavy (non-hydrogen) atoms. The van der Waals surface area contributed by atoms with Gasteiger partial charge in [-0.1, -0.05) is 0 Å². The van der Waals surface area contributed by atoms with Crippen molar-refractivity contribution in [2.75, 3.05) is 0 Å². The maximum absolute atomic E-state index is 5.40. The van der Waals surface area contributed by atoms with E-state index in [4.69, 9.17) is 3.82 Å². The molecule has 0 spiro atoms. The van der Waals surface area contributed by atoms with Crippen LogP contribution in [0, 0.1) is 0 Å². The topological polar surface area (TPSA) is 9.23 Å². The summed E-state index contributed by atoms with van der Waals surface area (Å²) in [6.45, 7) is 4.39. The summed E-state index contributed by atoms with van der Waals surface area (Å²) in [5.41, 5.74) is 1.37. The molecule has 1 rings (SSSR count). The second-order valence-corrected chi connectivity index (χ2v) is 4.02. The van der Waals surface area contributed by atoms with Gasteiger partial charge in [0, 0.05) is 0 Å². The van der Waals surface area contributed by atoms with E-state index in [1.54, 1.807) is 0 Å². The number of hydrogen-bond acceptors (Lipinski definition) is 1. The fourth-order valence-electron chi connectivity index (χ4n) is 1.00. The predicted octanol–water partition coefficient (Wildman–Crippen LogP) is 2.86. The van der Waals surface area contributed by atoms with Crippen molar-refractivity contribution < 1.29 is 3.82 Å². The van der Waals surface area contributed by atoms with E-state index < -0.39 is 0 Å². The molecule has 0 radical (unpaired) electrons. The van der Waals surface area contributed by atoms with Crippen molar-refractivity contribution >= 4 is 15.3 Å². The number of hydrogen-bond donors (Lipinski definition) is 0. The maximum atomic E-state index is 5.40. The molecule has 0 aromatic heterocycles. The van der Waals surface area contributed by atoms with Crippen LogP contribution in [0.1, 0.15) is 25.3 Å². The van der Waals surface area contributed by atoms with Crippen LogP contribution in [0.25, 0.3) is 0 Å². The van der Waals surface area contributed by atoms with Crippen LogP contribution < -0.4 is 3.82 Å². The van der Waals surface area contributed by atoms with Gasteiger partial charge < -0.3 is 0 Å². The second kappa shape index (κ2) is 4.54. The van der Waals surface area contributed by atoms with Crippen LogP contribution in [0.15, 0.2) is 24.3 Å².